The van der Waals surface area contributed by atoms with Crippen molar-refractivity contribution in [2.24, 2.45) is 0 Å². The Morgan fingerprint density at radius 3 is 2.33 bits per heavy atom. The number of halogens is 3. The summed E-state index contributed by atoms with van der Waals surface area (Å²) in [6.45, 7) is 2.98. The van der Waals surface area contributed by atoms with Crippen LogP contribution in [0.3, 0.4) is 0 Å². The van der Waals surface area contributed by atoms with Crippen molar-refractivity contribution < 1.29 is 8.78 Å². The Morgan fingerprint density at radius 2 is 1.71 bits per heavy atom. The normalized spacial score (nSPS) is 12.4. The van der Waals surface area contributed by atoms with Crippen LogP contribution in [0.1, 0.15) is 30.5 Å². The minimum Gasteiger partial charge on any atom is -0.310 e. The van der Waals surface area contributed by atoms with Gasteiger partial charge in [-0.05, 0) is 54.8 Å². The first-order chi connectivity index (χ1) is 10.1. The predicted molar refractivity (Wildman–Crippen MR) is 85.2 cm³/mol. The molecule has 0 spiro atoms. The van der Waals surface area contributed by atoms with Crippen LogP contribution < -0.4 is 5.32 Å². The molecule has 2 aromatic rings. The van der Waals surface area contributed by atoms with E-state index in [0.717, 1.165) is 28.6 Å². The second-order valence-electron chi connectivity index (χ2n) is 5.00. The van der Waals surface area contributed by atoms with Crippen LogP contribution in [0.5, 0.6) is 0 Å². The van der Waals surface area contributed by atoms with E-state index in [0.29, 0.717) is 6.42 Å². The van der Waals surface area contributed by atoms with Gasteiger partial charge in [-0.25, -0.2) is 8.78 Å². The Hall–Kier alpha value is -1.26. The summed E-state index contributed by atoms with van der Waals surface area (Å²) in [6.07, 6.45) is 1.73. The van der Waals surface area contributed by atoms with Gasteiger partial charge in [0, 0.05) is 10.5 Å². The molecule has 0 amide bonds. The SMILES string of the molecule is CCCNC(Cc1ccc(F)cc1Br)c1ccc(F)cc1. The Bertz CT molecular complexity index is 584. The zero-order valence-corrected chi connectivity index (χ0v) is 13.5. The molecule has 0 aromatic heterocycles. The maximum absolute atomic E-state index is 13.2. The molecule has 0 aliphatic carbocycles. The number of rotatable bonds is 6. The molecule has 2 aromatic carbocycles. The minimum absolute atomic E-state index is 0.0762. The molecule has 0 radical (unpaired) electrons. The van der Waals surface area contributed by atoms with Crippen molar-refractivity contribution in [3.05, 3.63) is 69.7 Å². The topological polar surface area (TPSA) is 12.0 Å². The number of hydrogen-bond donors (Lipinski definition) is 1. The lowest BCUT2D eigenvalue weighted by molar-refractivity contribution is 0.526. The van der Waals surface area contributed by atoms with Crippen LogP contribution in [0.4, 0.5) is 8.78 Å². The van der Waals surface area contributed by atoms with Gasteiger partial charge < -0.3 is 5.32 Å². The van der Waals surface area contributed by atoms with Crippen molar-refractivity contribution in [3.63, 3.8) is 0 Å². The van der Waals surface area contributed by atoms with Crippen molar-refractivity contribution in [1.82, 2.24) is 5.32 Å². The lowest BCUT2D eigenvalue weighted by atomic mass is 9.98. The fourth-order valence-electron chi connectivity index (χ4n) is 2.23. The van der Waals surface area contributed by atoms with Crippen LogP contribution in [0, 0.1) is 11.6 Å². The van der Waals surface area contributed by atoms with Crippen LogP contribution in [-0.4, -0.2) is 6.54 Å². The monoisotopic (exact) mass is 353 g/mol. The van der Waals surface area contributed by atoms with Gasteiger partial charge in [0.05, 0.1) is 0 Å². The molecule has 0 aliphatic heterocycles. The molecule has 4 heteroatoms. The Labute approximate surface area is 132 Å². The van der Waals surface area contributed by atoms with E-state index in [9.17, 15) is 8.78 Å². The number of hydrogen-bond acceptors (Lipinski definition) is 1. The molecule has 1 atom stereocenters. The largest absolute Gasteiger partial charge is 0.310 e. The van der Waals surface area contributed by atoms with Crippen LogP contribution in [0.15, 0.2) is 46.9 Å². The third kappa shape index (κ3) is 4.61. The minimum atomic E-state index is -0.259. The third-order valence-corrected chi connectivity index (χ3v) is 4.09. The van der Waals surface area contributed by atoms with E-state index in [1.54, 1.807) is 18.2 Å². The summed E-state index contributed by atoms with van der Waals surface area (Å²) in [7, 11) is 0. The number of benzene rings is 2. The molecule has 1 N–H and O–H groups in total. The molecule has 1 unspecified atom stereocenters. The predicted octanol–water partition coefficient (Wildman–Crippen LogP) is 5.01. The van der Waals surface area contributed by atoms with E-state index in [2.05, 4.69) is 28.2 Å². The molecule has 0 bridgehead atoms. The molecular formula is C17H18BrF2N. The molecule has 21 heavy (non-hydrogen) atoms. The first kappa shape index (κ1) is 16.1. The third-order valence-electron chi connectivity index (χ3n) is 3.35. The quantitative estimate of drug-likeness (QED) is 0.769. The highest BCUT2D eigenvalue weighted by atomic mass is 79.9. The summed E-state index contributed by atoms with van der Waals surface area (Å²) >= 11 is 3.40. The standard InChI is InChI=1S/C17H18BrF2N/c1-2-9-21-17(12-3-6-14(19)7-4-12)10-13-5-8-15(20)11-16(13)18/h3-8,11,17,21H,2,9-10H2,1H3. The Morgan fingerprint density at radius 1 is 1.05 bits per heavy atom. The average Bonchev–Trinajstić information content (AvgIpc) is 2.46. The van der Waals surface area contributed by atoms with Gasteiger partial charge in [-0.3, -0.25) is 0 Å². The summed E-state index contributed by atoms with van der Waals surface area (Å²) in [6, 6.07) is 11.3. The zero-order valence-electron chi connectivity index (χ0n) is 11.9. The summed E-state index contributed by atoms with van der Waals surface area (Å²) in [5.74, 6) is -0.499. The van der Waals surface area contributed by atoms with Crippen LogP contribution in [0.2, 0.25) is 0 Å². The maximum atomic E-state index is 13.2. The molecule has 0 heterocycles. The van der Waals surface area contributed by atoms with Crippen molar-refractivity contribution in [2.45, 2.75) is 25.8 Å². The maximum Gasteiger partial charge on any atom is 0.124 e. The van der Waals surface area contributed by atoms with Gasteiger partial charge in [0.2, 0.25) is 0 Å². The molecule has 0 saturated heterocycles. The van der Waals surface area contributed by atoms with Crippen LogP contribution >= 0.6 is 15.9 Å². The highest BCUT2D eigenvalue weighted by Gasteiger charge is 2.13. The summed E-state index contributed by atoms with van der Waals surface area (Å²) in [5.41, 5.74) is 2.05. The van der Waals surface area contributed by atoms with Gasteiger partial charge in [0.1, 0.15) is 11.6 Å². The summed E-state index contributed by atoms with van der Waals surface area (Å²) < 4.78 is 27.0. The fraction of sp³-hybridized carbons (Fsp3) is 0.294. The Balaban J connectivity index is 2.21. The molecule has 0 fully saturated rings. The highest BCUT2D eigenvalue weighted by molar-refractivity contribution is 9.10. The molecule has 2 rings (SSSR count). The lowest BCUT2D eigenvalue weighted by Crippen LogP contribution is -2.24. The average molecular weight is 354 g/mol. The van der Waals surface area contributed by atoms with Gasteiger partial charge in [-0.1, -0.05) is 41.1 Å². The molecule has 0 saturated carbocycles. The summed E-state index contributed by atoms with van der Waals surface area (Å²) in [4.78, 5) is 0. The van der Waals surface area contributed by atoms with Crippen molar-refractivity contribution in [1.29, 1.82) is 0 Å². The van der Waals surface area contributed by atoms with Crippen molar-refractivity contribution in [2.75, 3.05) is 6.54 Å². The van der Waals surface area contributed by atoms with Crippen LogP contribution in [0.25, 0.3) is 0 Å². The summed E-state index contributed by atoms with van der Waals surface area (Å²) in [5, 5.41) is 3.46. The Kier molecular flexibility index (Phi) is 5.88. The van der Waals surface area contributed by atoms with Gasteiger partial charge in [-0.15, -0.1) is 0 Å². The van der Waals surface area contributed by atoms with Gasteiger partial charge in [-0.2, -0.15) is 0 Å². The van der Waals surface area contributed by atoms with Gasteiger partial charge in [0.25, 0.3) is 0 Å². The van der Waals surface area contributed by atoms with E-state index in [-0.39, 0.29) is 17.7 Å². The molecule has 0 aliphatic rings. The highest BCUT2D eigenvalue weighted by Crippen LogP contribution is 2.25. The van der Waals surface area contributed by atoms with E-state index in [1.807, 2.05) is 0 Å². The molecular weight excluding hydrogens is 336 g/mol. The van der Waals surface area contributed by atoms with Gasteiger partial charge >= 0.3 is 0 Å². The van der Waals surface area contributed by atoms with Gasteiger partial charge in [0.15, 0.2) is 0 Å². The van der Waals surface area contributed by atoms with E-state index in [4.69, 9.17) is 0 Å². The van der Waals surface area contributed by atoms with E-state index in [1.165, 1.54) is 24.3 Å². The zero-order chi connectivity index (χ0) is 15.2. The second kappa shape index (κ2) is 7.66. The van der Waals surface area contributed by atoms with E-state index >= 15 is 0 Å². The number of nitrogens with one attached hydrogen (secondary N) is 1. The van der Waals surface area contributed by atoms with Crippen molar-refractivity contribution in [3.8, 4) is 0 Å². The van der Waals surface area contributed by atoms with Crippen LogP contribution in [-0.2, 0) is 6.42 Å². The lowest BCUT2D eigenvalue weighted by Gasteiger charge is -2.20. The van der Waals surface area contributed by atoms with Crippen molar-refractivity contribution >= 4 is 15.9 Å². The molecule has 1 nitrogen and oxygen atoms in total. The second-order valence-corrected chi connectivity index (χ2v) is 5.85. The first-order valence-corrected chi connectivity index (χ1v) is 7.82. The van der Waals surface area contributed by atoms with E-state index < -0.39 is 0 Å². The smallest absolute Gasteiger partial charge is 0.124 e. The fourth-order valence-corrected chi connectivity index (χ4v) is 2.74. The molecule has 112 valence electrons. The first-order valence-electron chi connectivity index (χ1n) is 7.03.